The Balaban J connectivity index is 3.08. The topological polar surface area (TPSA) is 43.4 Å². The quantitative estimate of drug-likeness (QED) is 0.453. The minimum Gasteiger partial charge on any atom is -0.468 e. The first kappa shape index (κ1) is 15.3. The van der Waals surface area contributed by atoms with Crippen molar-refractivity contribution in [3.8, 4) is 0 Å². The average Bonchev–Trinajstić information content (AvgIpc) is 2.38. The summed E-state index contributed by atoms with van der Waals surface area (Å²) in [7, 11) is 1.15. The van der Waals surface area contributed by atoms with Crippen LogP contribution in [-0.2, 0) is 9.53 Å². The molecule has 0 aromatic heterocycles. The molecule has 104 valence electrons. The number of rotatable bonds is 6. The monoisotopic (exact) mass is 270 g/mol. The van der Waals surface area contributed by atoms with Crippen molar-refractivity contribution in [2.45, 2.75) is 26.2 Å². The van der Waals surface area contributed by atoms with Crippen molar-refractivity contribution < 1.29 is 23.1 Å². The van der Waals surface area contributed by atoms with Crippen molar-refractivity contribution in [3.63, 3.8) is 0 Å². The van der Waals surface area contributed by atoms with Gasteiger partial charge in [0.25, 0.3) is 0 Å². The fraction of sp³-hybridized carbons (Fsp3) is 0.429. The van der Waals surface area contributed by atoms with Gasteiger partial charge in [-0.2, -0.15) is 0 Å². The van der Waals surface area contributed by atoms with E-state index < -0.39 is 34.9 Å². The molecule has 0 radical (unpaired) electrons. The molecule has 3 nitrogen and oxygen atoms in total. The van der Waals surface area contributed by atoms with Gasteiger partial charge in [-0.15, -0.1) is 0 Å². The van der Waals surface area contributed by atoms with E-state index >= 15 is 0 Å². The molecule has 0 N–H and O–H groups in total. The predicted octanol–water partition coefficient (Wildman–Crippen LogP) is 3.13. The molecule has 0 fully saturated rings. The number of ether oxygens (including phenoxy) is 1. The fourth-order valence-electron chi connectivity index (χ4n) is 1.81. The molecule has 0 aliphatic heterocycles. The Kier molecular flexibility index (Phi) is 5.60. The molecular weight excluding hydrogens is 254 g/mol. The molecule has 1 unspecified atom stereocenters. The van der Waals surface area contributed by atoms with Gasteiger partial charge in [-0.05, 0) is 18.6 Å². The van der Waals surface area contributed by atoms with Crippen molar-refractivity contribution >= 4 is 11.8 Å². The van der Waals surface area contributed by atoms with Crippen LogP contribution < -0.4 is 0 Å². The van der Waals surface area contributed by atoms with E-state index in [9.17, 15) is 18.4 Å². The SMILES string of the molecule is CCCCC(C(=O)OC)C(=O)c1c(F)cccc1F. The van der Waals surface area contributed by atoms with Gasteiger partial charge in [0.1, 0.15) is 17.6 Å². The molecule has 0 aliphatic rings. The second kappa shape index (κ2) is 6.97. The molecule has 0 spiro atoms. The number of hydrogen-bond acceptors (Lipinski definition) is 3. The number of carbonyl (C=O) groups excluding carboxylic acids is 2. The van der Waals surface area contributed by atoms with Crippen molar-refractivity contribution in [2.75, 3.05) is 7.11 Å². The van der Waals surface area contributed by atoms with Crippen LogP contribution in [-0.4, -0.2) is 18.9 Å². The van der Waals surface area contributed by atoms with Crippen LogP contribution in [0.2, 0.25) is 0 Å². The molecule has 1 aromatic rings. The maximum absolute atomic E-state index is 13.5. The van der Waals surface area contributed by atoms with E-state index in [4.69, 9.17) is 0 Å². The first-order valence-corrected chi connectivity index (χ1v) is 6.09. The van der Waals surface area contributed by atoms with Gasteiger partial charge in [0.05, 0.1) is 12.7 Å². The van der Waals surface area contributed by atoms with E-state index in [1.165, 1.54) is 6.07 Å². The minimum absolute atomic E-state index is 0.218. The normalized spacial score (nSPS) is 12.0. The average molecular weight is 270 g/mol. The zero-order valence-corrected chi connectivity index (χ0v) is 10.9. The van der Waals surface area contributed by atoms with Crippen LogP contribution in [0.1, 0.15) is 36.5 Å². The maximum atomic E-state index is 13.5. The van der Waals surface area contributed by atoms with Crippen LogP contribution in [0.3, 0.4) is 0 Å². The van der Waals surface area contributed by atoms with Gasteiger partial charge in [-0.3, -0.25) is 9.59 Å². The third-order valence-electron chi connectivity index (χ3n) is 2.86. The Morgan fingerprint density at radius 1 is 1.26 bits per heavy atom. The third kappa shape index (κ3) is 3.59. The van der Waals surface area contributed by atoms with Crippen molar-refractivity contribution in [2.24, 2.45) is 5.92 Å². The lowest BCUT2D eigenvalue weighted by atomic mass is 9.92. The summed E-state index contributed by atoms with van der Waals surface area (Å²) in [5.41, 5.74) is -0.672. The smallest absolute Gasteiger partial charge is 0.316 e. The van der Waals surface area contributed by atoms with E-state index in [-0.39, 0.29) is 6.42 Å². The minimum atomic E-state index is -1.16. The summed E-state index contributed by atoms with van der Waals surface area (Å²) in [4.78, 5) is 23.7. The van der Waals surface area contributed by atoms with Crippen molar-refractivity contribution in [1.29, 1.82) is 0 Å². The predicted molar refractivity (Wildman–Crippen MR) is 65.7 cm³/mol. The van der Waals surface area contributed by atoms with Gasteiger partial charge in [-0.1, -0.05) is 25.8 Å². The lowest BCUT2D eigenvalue weighted by molar-refractivity contribution is -0.143. The molecule has 19 heavy (non-hydrogen) atoms. The molecule has 0 saturated carbocycles. The molecule has 0 saturated heterocycles. The van der Waals surface area contributed by atoms with Gasteiger partial charge >= 0.3 is 5.97 Å². The highest BCUT2D eigenvalue weighted by Crippen LogP contribution is 2.21. The summed E-state index contributed by atoms with van der Waals surface area (Å²) in [6.45, 7) is 1.89. The Labute approximate surface area is 110 Å². The van der Waals surface area contributed by atoms with Gasteiger partial charge in [-0.25, -0.2) is 8.78 Å². The highest BCUT2D eigenvalue weighted by atomic mass is 19.1. The van der Waals surface area contributed by atoms with Crippen molar-refractivity contribution in [1.82, 2.24) is 0 Å². The Morgan fingerprint density at radius 2 is 1.84 bits per heavy atom. The summed E-state index contributed by atoms with van der Waals surface area (Å²) in [5, 5.41) is 0. The van der Waals surface area contributed by atoms with E-state index in [1.54, 1.807) is 0 Å². The Bertz CT molecular complexity index is 452. The molecule has 0 aliphatic carbocycles. The molecule has 0 heterocycles. The first-order valence-electron chi connectivity index (χ1n) is 6.09. The van der Waals surface area contributed by atoms with Crippen LogP contribution in [0.5, 0.6) is 0 Å². The van der Waals surface area contributed by atoms with Crippen LogP contribution in [0.25, 0.3) is 0 Å². The summed E-state index contributed by atoms with van der Waals surface area (Å²) >= 11 is 0. The van der Waals surface area contributed by atoms with Crippen molar-refractivity contribution in [3.05, 3.63) is 35.4 Å². The molecule has 1 rings (SSSR count). The fourth-order valence-corrected chi connectivity index (χ4v) is 1.81. The van der Waals surface area contributed by atoms with E-state index in [1.807, 2.05) is 6.92 Å². The standard InChI is InChI=1S/C14H16F2O3/c1-3-4-6-9(14(18)19-2)13(17)12-10(15)7-5-8-11(12)16/h5,7-9H,3-4,6H2,1-2H3. The lowest BCUT2D eigenvalue weighted by Gasteiger charge is -2.14. The van der Waals surface area contributed by atoms with E-state index in [2.05, 4.69) is 4.74 Å². The number of methoxy groups -OCH3 is 1. The van der Waals surface area contributed by atoms with Gasteiger partial charge in [0.15, 0.2) is 5.78 Å². The number of ketones is 1. The summed E-state index contributed by atoms with van der Waals surface area (Å²) in [5.74, 6) is -4.71. The van der Waals surface area contributed by atoms with E-state index in [0.29, 0.717) is 6.42 Å². The summed E-state index contributed by atoms with van der Waals surface area (Å²) in [6, 6.07) is 3.15. The highest BCUT2D eigenvalue weighted by molar-refractivity contribution is 6.08. The highest BCUT2D eigenvalue weighted by Gasteiger charge is 2.31. The third-order valence-corrected chi connectivity index (χ3v) is 2.86. The largest absolute Gasteiger partial charge is 0.468 e. The van der Waals surface area contributed by atoms with Crippen LogP contribution in [0.15, 0.2) is 18.2 Å². The number of halogens is 2. The maximum Gasteiger partial charge on any atom is 0.316 e. The second-order valence-corrected chi connectivity index (χ2v) is 4.18. The molecule has 0 amide bonds. The zero-order valence-electron chi connectivity index (χ0n) is 10.9. The summed E-state index contributed by atoms with van der Waals surface area (Å²) in [6.07, 6.45) is 1.58. The number of hydrogen-bond donors (Lipinski definition) is 0. The molecule has 1 aromatic carbocycles. The number of benzene rings is 1. The van der Waals surface area contributed by atoms with Gasteiger partial charge in [0.2, 0.25) is 0 Å². The lowest BCUT2D eigenvalue weighted by Crippen LogP contribution is -2.27. The molecule has 5 heteroatoms. The Morgan fingerprint density at radius 3 is 2.32 bits per heavy atom. The first-order chi connectivity index (χ1) is 9.02. The zero-order chi connectivity index (χ0) is 14.4. The second-order valence-electron chi connectivity index (χ2n) is 4.18. The van der Waals surface area contributed by atoms with E-state index in [0.717, 1.165) is 25.7 Å². The molecular formula is C14H16F2O3. The van der Waals surface area contributed by atoms with Gasteiger partial charge < -0.3 is 4.74 Å². The number of carbonyl (C=O) groups is 2. The summed E-state index contributed by atoms with van der Waals surface area (Å²) < 4.78 is 31.6. The number of esters is 1. The van der Waals surface area contributed by atoms with Crippen LogP contribution >= 0.6 is 0 Å². The molecule has 0 bridgehead atoms. The van der Waals surface area contributed by atoms with Gasteiger partial charge in [0, 0.05) is 0 Å². The Hall–Kier alpha value is -1.78. The molecule has 1 atom stereocenters. The van der Waals surface area contributed by atoms with Crippen LogP contribution in [0, 0.1) is 17.6 Å². The van der Waals surface area contributed by atoms with Crippen LogP contribution in [0.4, 0.5) is 8.78 Å². The number of Topliss-reactive ketones (excluding diaryl/α,β-unsaturated/α-hetero) is 1. The number of unbranched alkanes of at least 4 members (excludes halogenated alkanes) is 1.